The van der Waals surface area contributed by atoms with Gasteiger partial charge in [-0.1, -0.05) is 30.3 Å². The fraction of sp³-hybridized carbons (Fsp3) is 0.571. The third-order valence-electron chi connectivity index (χ3n) is 3.05. The summed E-state index contributed by atoms with van der Waals surface area (Å²) >= 11 is 0. The van der Waals surface area contributed by atoms with Crippen LogP contribution in [0.5, 0.6) is 0 Å². The molecule has 18 heavy (non-hydrogen) atoms. The molecule has 1 nitrogen and oxygen atoms in total. The van der Waals surface area contributed by atoms with E-state index in [1.807, 2.05) is 30.3 Å². The van der Waals surface area contributed by atoms with Crippen LogP contribution in [0.1, 0.15) is 31.2 Å². The molecule has 0 bridgehead atoms. The van der Waals surface area contributed by atoms with Gasteiger partial charge in [-0.2, -0.15) is 13.2 Å². The van der Waals surface area contributed by atoms with Crippen molar-refractivity contribution >= 4 is 0 Å². The maximum atomic E-state index is 12.1. The minimum atomic E-state index is -4.05. The summed E-state index contributed by atoms with van der Waals surface area (Å²) in [7, 11) is 1.73. The van der Waals surface area contributed by atoms with Crippen LogP contribution >= 0.6 is 0 Å². The minimum absolute atomic E-state index is 0.0460. The summed E-state index contributed by atoms with van der Waals surface area (Å²) in [6, 6.07) is 9.97. The van der Waals surface area contributed by atoms with Crippen LogP contribution in [0.2, 0.25) is 0 Å². The van der Waals surface area contributed by atoms with Gasteiger partial charge in [0.05, 0.1) is 0 Å². The second kappa shape index (κ2) is 7.41. The van der Waals surface area contributed by atoms with Gasteiger partial charge in [-0.25, -0.2) is 0 Å². The molecule has 0 aliphatic rings. The summed E-state index contributed by atoms with van der Waals surface area (Å²) < 4.78 is 36.3. The topological polar surface area (TPSA) is 12.0 Å². The summed E-state index contributed by atoms with van der Waals surface area (Å²) in [5.74, 6) is 0. The van der Waals surface area contributed by atoms with Gasteiger partial charge in [0, 0.05) is 12.5 Å². The van der Waals surface area contributed by atoms with Gasteiger partial charge >= 0.3 is 6.18 Å². The molecule has 1 aromatic rings. The van der Waals surface area contributed by atoms with E-state index in [0.29, 0.717) is 0 Å². The van der Waals surface area contributed by atoms with Crippen molar-refractivity contribution in [3.63, 3.8) is 0 Å². The highest BCUT2D eigenvalue weighted by molar-refractivity contribution is 5.14. The number of hydrogen-bond donors (Lipinski definition) is 1. The van der Waals surface area contributed by atoms with Crippen molar-refractivity contribution in [2.75, 3.05) is 7.05 Å². The molecule has 1 atom stereocenters. The first-order valence-electron chi connectivity index (χ1n) is 6.29. The van der Waals surface area contributed by atoms with Gasteiger partial charge in [0.15, 0.2) is 0 Å². The number of alkyl halides is 3. The van der Waals surface area contributed by atoms with Crippen LogP contribution < -0.4 is 5.32 Å². The lowest BCUT2D eigenvalue weighted by atomic mass is 10.0. The molecule has 4 heteroatoms. The van der Waals surface area contributed by atoms with Crippen molar-refractivity contribution in [3.05, 3.63) is 35.9 Å². The van der Waals surface area contributed by atoms with Crippen LogP contribution in [0.3, 0.4) is 0 Å². The second-order valence-corrected chi connectivity index (χ2v) is 4.52. The lowest BCUT2D eigenvalue weighted by Crippen LogP contribution is -2.27. The number of halogens is 3. The first kappa shape index (κ1) is 15.0. The molecule has 0 aliphatic heterocycles. The van der Waals surface area contributed by atoms with Gasteiger partial charge in [0.25, 0.3) is 0 Å². The minimum Gasteiger partial charge on any atom is -0.317 e. The van der Waals surface area contributed by atoms with Gasteiger partial charge < -0.3 is 5.32 Å². The predicted molar refractivity (Wildman–Crippen MR) is 67.5 cm³/mol. The molecule has 1 rings (SSSR count). The molecule has 0 aromatic heterocycles. The molecule has 0 spiro atoms. The number of rotatable bonds is 7. The summed E-state index contributed by atoms with van der Waals surface area (Å²) in [5.41, 5.74) is 1.24. The van der Waals surface area contributed by atoms with E-state index >= 15 is 0 Å². The summed E-state index contributed by atoms with van der Waals surface area (Å²) in [6.45, 7) is 0. The van der Waals surface area contributed by atoms with Crippen molar-refractivity contribution in [2.45, 2.75) is 44.3 Å². The fourth-order valence-corrected chi connectivity index (χ4v) is 1.97. The molecule has 0 amide bonds. The maximum absolute atomic E-state index is 12.1. The molecule has 102 valence electrons. The molecule has 0 heterocycles. The number of nitrogens with one attached hydrogen (secondary N) is 1. The number of hydrogen-bond acceptors (Lipinski definition) is 1. The Kier molecular flexibility index (Phi) is 6.19. The van der Waals surface area contributed by atoms with Gasteiger partial charge in [-0.3, -0.25) is 0 Å². The van der Waals surface area contributed by atoms with Gasteiger partial charge in [0.2, 0.25) is 0 Å². The lowest BCUT2D eigenvalue weighted by Gasteiger charge is -2.17. The fourth-order valence-electron chi connectivity index (χ4n) is 1.97. The predicted octanol–water partition coefficient (Wildman–Crippen LogP) is 3.94. The van der Waals surface area contributed by atoms with Crippen LogP contribution in [-0.2, 0) is 6.42 Å². The van der Waals surface area contributed by atoms with Crippen molar-refractivity contribution in [1.29, 1.82) is 0 Å². The Hall–Kier alpha value is -1.03. The lowest BCUT2D eigenvalue weighted by molar-refractivity contribution is -0.136. The largest absolute Gasteiger partial charge is 0.389 e. The Morgan fingerprint density at radius 2 is 1.78 bits per heavy atom. The van der Waals surface area contributed by atoms with Gasteiger partial charge in [-0.05, 0) is 38.3 Å². The van der Waals surface area contributed by atoms with E-state index in [1.165, 1.54) is 5.56 Å². The highest BCUT2D eigenvalue weighted by atomic mass is 19.4. The second-order valence-electron chi connectivity index (χ2n) is 4.52. The molecular formula is C14H20F3N. The maximum Gasteiger partial charge on any atom is 0.389 e. The molecular weight excluding hydrogens is 239 g/mol. The SMILES string of the molecule is CNC(CCCc1ccccc1)CCC(F)(F)F. The molecule has 0 saturated heterocycles. The number of benzene rings is 1. The third-order valence-corrected chi connectivity index (χ3v) is 3.05. The van der Waals surface area contributed by atoms with Crippen LogP contribution in [0.4, 0.5) is 13.2 Å². The average Bonchev–Trinajstić information content (AvgIpc) is 2.33. The van der Waals surface area contributed by atoms with Crippen molar-refractivity contribution in [2.24, 2.45) is 0 Å². The Morgan fingerprint density at radius 1 is 1.11 bits per heavy atom. The zero-order chi connectivity index (χ0) is 13.4. The molecule has 0 fully saturated rings. The van der Waals surface area contributed by atoms with E-state index in [0.717, 1.165) is 19.3 Å². The third kappa shape index (κ3) is 6.64. The van der Waals surface area contributed by atoms with E-state index in [1.54, 1.807) is 7.05 Å². The van der Waals surface area contributed by atoms with Crippen molar-refractivity contribution < 1.29 is 13.2 Å². The molecule has 1 unspecified atom stereocenters. The van der Waals surface area contributed by atoms with E-state index < -0.39 is 12.6 Å². The van der Waals surface area contributed by atoms with Crippen LogP contribution in [-0.4, -0.2) is 19.3 Å². The Bertz CT molecular complexity index is 322. The van der Waals surface area contributed by atoms with Crippen LogP contribution in [0.15, 0.2) is 30.3 Å². The molecule has 1 aromatic carbocycles. The Labute approximate surface area is 106 Å². The highest BCUT2D eigenvalue weighted by Gasteiger charge is 2.27. The standard InChI is InChI=1S/C14H20F3N/c1-18-13(10-11-14(15,16)17)9-5-8-12-6-3-2-4-7-12/h2-4,6-7,13,18H,5,8-11H2,1H3. The summed E-state index contributed by atoms with van der Waals surface area (Å²) in [4.78, 5) is 0. The van der Waals surface area contributed by atoms with E-state index in [-0.39, 0.29) is 12.5 Å². The van der Waals surface area contributed by atoms with Crippen molar-refractivity contribution in [1.82, 2.24) is 5.32 Å². The Balaban J connectivity index is 2.23. The van der Waals surface area contributed by atoms with Gasteiger partial charge in [0.1, 0.15) is 0 Å². The van der Waals surface area contributed by atoms with E-state index in [9.17, 15) is 13.2 Å². The van der Waals surface area contributed by atoms with Crippen LogP contribution in [0, 0.1) is 0 Å². The first-order chi connectivity index (χ1) is 8.51. The Morgan fingerprint density at radius 3 is 2.33 bits per heavy atom. The average molecular weight is 259 g/mol. The first-order valence-corrected chi connectivity index (χ1v) is 6.29. The normalized spacial score (nSPS) is 13.6. The van der Waals surface area contributed by atoms with Crippen LogP contribution in [0.25, 0.3) is 0 Å². The monoisotopic (exact) mass is 259 g/mol. The summed E-state index contributed by atoms with van der Waals surface area (Å²) in [6.07, 6.45) is -1.98. The van der Waals surface area contributed by atoms with Crippen molar-refractivity contribution in [3.8, 4) is 0 Å². The molecule has 0 radical (unpaired) electrons. The zero-order valence-electron chi connectivity index (χ0n) is 10.6. The highest BCUT2D eigenvalue weighted by Crippen LogP contribution is 2.23. The quantitative estimate of drug-likeness (QED) is 0.782. The molecule has 1 N–H and O–H groups in total. The van der Waals surface area contributed by atoms with E-state index in [2.05, 4.69) is 5.32 Å². The zero-order valence-corrected chi connectivity index (χ0v) is 10.6. The molecule has 0 saturated carbocycles. The number of aryl methyl sites for hydroxylation is 1. The summed E-state index contributed by atoms with van der Waals surface area (Å²) in [5, 5.41) is 2.96. The van der Waals surface area contributed by atoms with Gasteiger partial charge in [-0.15, -0.1) is 0 Å². The smallest absolute Gasteiger partial charge is 0.317 e. The molecule has 0 aliphatic carbocycles. The van der Waals surface area contributed by atoms with E-state index in [4.69, 9.17) is 0 Å².